The molecule has 2 aromatic carbocycles. The summed E-state index contributed by atoms with van der Waals surface area (Å²) in [4.78, 5) is 20.3. The molecule has 0 aliphatic carbocycles. The maximum Gasteiger partial charge on any atom is 0.247 e. The van der Waals surface area contributed by atoms with E-state index in [9.17, 15) is 4.79 Å². The number of hydrogen-bond donors (Lipinski definition) is 2. The summed E-state index contributed by atoms with van der Waals surface area (Å²) in [6, 6.07) is 11.0. The summed E-state index contributed by atoms with van der Waals surface area (Å²) in [6.45, 7) is 5.40. The van der Waals surface area contributed by atoms with Gasteiger partial charge < -0.3 is 20.1 Å². The number of ether oxygens (including phenoxy) is 2. The van der Waals surface area contributed by atoms with Crippen LogP contribution < -0.4 is 20.1 Å². The van der Waals surface area contributed by atoms with Gasteiger partial charge in [-0.25, -0.2) is 9.97 Å². The third-order valence-electron chi connectivity index (χ3n) is 4.31. The Hall–Kier alpha value is -4.31. The van der Waals surface area contributed by atoms with Gasteiger partial charge >= 0.3 is 0 Å². The van der Waals surface area contributed by atoms with Crippen LogP contribution in [0.4, 0.5) is 17.3 Å². The van der Waals surface area contributed by atoms with Crippen molar-refractivity contribution in [2.24, 2.45) is 0 Å². The molecule has 1 heterocycles. The minimum atomic E-state index is -0.297. The third kappa shape index (κ3) is 5.61. The normalized spacial score (nSPS) is 9.77. The van der Waals surface area contributed by atoms with E-state index in [2.05, 4.69) is 39.0 Å². The van der Waals surface area contributed by atoms with Gasteiger partial charge in [-0.05, 0) is 36.8 Å². The molecule has 7 heteroatoms. The lowest BCUT2D eigenvalue weighted by molar-refractivity contribution is -0.111. The highest BCUT2D eigenvalue weighted by atomic mass is 16.5. The largest absolute Gasteiger partial charge is 0.497 e. The third-order valence-corrected chi connectivity index (χ3v) is 4.31. The van der Waals surface area contributed by atoms with E-state index >= 15 is 0 Å². The number of amides is 1. The van der Waals surface area contributed by atoms with E-state index in [0.717, 1.165) is 11.1 Å². The van der Waals surface area contributed by atoms with Crippen LogP contribution in [-0.2, 0) is 4.79 Å². The van der Waals surface area contributed by atoms with Crippen LogP contribution in [0.1, 0.15) is 16.7 Å². The van der Waals surface area contributed by atoms with E-state index in [1.807, 2.05) is 31.2 Å². The Bertz CT molecular complexity index is 1140. The Kier molecular flexibility index (Phi) is 6.86. The van der Waals surface area contributed by atoms with E-state index < -0.39 is 0 Å². The van der Waals surface area contributed by atoms with Gasteiger partial charge in [-0.15, -0.1) is 0 Å². The molecule has 0 radical (unpaired) electrons. The van der Waals surface area contributed by atoms with E-state index in [-0.39, 0.29) is 5.91 Å². The average molecular weight is 414 g/mol. The average Bonchev–Trinajstić information content (AvgIpc) is 2.80. The Morgan fingerprint density at radius 2 is 1.68 bits per heavy atom. The minimum absolute atomic E-state index is 0.297. The summed E-state index contributed by atoms with van der Waals surface area (Å²) in [5, 5.41) is 5.92. The Balaban J connectivity index is 1.79. The van der Waals surface area contributed by atoms with Gasteiger partial charge in [0.25, 0.3) is 0 Å². The molecule has 3 aromatic rings. The second kappa shape index (κ2) is 9.94. The maximum absolute atomic E-state index is 11.7. The molecule has 0 unspecified atom stereocenters. The predicted octanol–water partition coefficient (Wildman–Crippen LogP) is 4.07. The van der Waals surface area contributed by atoms with Gasteiger partial charge in [0, 0.05) is 24.0 Å². The standard InChI is InChI=1S/C24H22N4O3/c1-5-22(29)27-21-8-6-7-16(2)23(21)28-24-25-14-18(15-26-24)10-9-17-11-19(30-3)13-20(12-17)31-4/h5-8,11-15H,1H2,2-4H3,(H,27,29)(H,25,26,28). The summed E-state index contributed by atoms with van der Waals surface area (Å²) < 4.78 is 10.5. The van der Waals surface area contributed by atoms with Crippen molar-refractivity contribution in [1.82, 2.24) is 9.97 Å². The van der Waals surface area contributed by atoms with Gasteiger partial charge in [0.15, 0.2) is 0 Å². The number of nitrogens with zero attached hydrogens (tertiary/aromatic N) is 2. The van der Waals surface area contributed by atoms with Crippen molar-refractivity contribution in [3.05, 3.63) is 78.1 Å². The van der Waals surface area contributed by atoms with E-state index in [1.54, 1.807) is 38.7 Å². The number of aryl methyl sites for hydroxylation is 1. The summed E-state index contributed by atoms with van der Waals surface area (Å²) >= 11 is 0. The number of aromatic nitrogens is 2. The van der Waals surface area contributed by atoms with Gasteiger partial charge in [0.2, 0.25) is 11.9 Å². The van der Waals surface area contributed by atoms with Gasteiger partial charge in [-0.1, -0.05) is 30.6 Å². The van der Waals surface area contributed by atoms with Crippen LogP contribution >= 0.6 is 0 Å². The molecule has 0 aliphatic heterocycles. The molecule has 3 rings (SSSR count). The van der Waals surface area contributed by atoms with Crippen molar-refractivity contribution in [3.63, 3.8) is 0 Å². The first-order chi connectivity index (χ1) is 15.0. The van der Waals surface area contributed by atoms with Gasteiger partial charge in [0.1, 0.15) is 11.5 Å². The number of anilines is 3. The fourth-order valence-electron chi connectivity index (χ4n) is 2.71. The zero-order valence-corrected chi connectivity index (χ0v) is 17.5. The monoisotopic (exact) mass is 414 g/mol. The van der Waals surface area contributed by atoms with Gasteiger partial charge in [-0.3, -0.25) is 4.79 Å². The molecule has 0 saturated carbocycles. The van der Waals surface area contributed by atoms with Crippen molar-refractivity contribution < 1.29 is 14.3 Å². The number of nitrogens with one attached hydrogen (secondary N) is 2. The lowest BCUT2D eigenvalue weighted by atomic mass is 10.1. The fourth-order valence-corrected chi connectivity index (χ4v) is 2.71. The molecular weight excluding hydrogens is 392 g/mol. The van der Waals surface area contributed by atoms with Crippen LogP contribution in [0.15, 0.2) is 61.4 Å². The summed E-state index contributed by atoms with van der Waals surface area (Å²) in [5.41, 5.74) is 3.66. The first-order valence-electron chi connectivity index (χ1n) is 9.39. The molecule has 0 spiro atoms. The van der Waals surface area contributed by atoms with Crippen molar-refractivity contribution in [2.75, 3.05) is 24.9 Å². The molecule has 1 aromatic heterocycles. The Morgan fingerprint density at radius 3 is 2.29 bits per heavy atom. The lowest BCUT2D eigenvalue weighted by Crippen LogP contribution is -2.10. The van der Waals surface area contributed by atoms with Crippen molar-refractivity contribution in [1.29, 1.82) is 0 Å². The fraction of sp³-hybridized carbons (Fsp3) is 0.125. The van der Waals surface area contributed by atoms with Crippen LogP contribution in [0.25, 0.3) is 0 Å². The number of hydrogen-bond acceptors (Lipinski definition) is 6. The predicted molar refractivity (Wildman–Crippen MR) is 121 cm³/mol. The van der Waals surface area contributed by atoms with Gasteiger partial charge in [0.05, 0.1) is 31.2 Å². The van der Waals surface area contributed by atoms with Crippen LogP contribution in [-0.4, -0.2) is 30.1 Å². The SMILES string of the molecule is C=CC(=O)Nc1cccc(C)c1Nc1ncc(C#Cc2cc(OC)cc(OC)c2)cn1. The highest BCUT2D eigenvalue weighted by Gasteiger charge is 2.09. The molecule has 0 saturated heterocycles. The summed E-state index contributed by atoms with van der Waals surface area (Å²) in [6.07, 6.45) is 4.47. The summed E-state index contributed by atoms with van der Waals surface area (Å²) in [5.74, 6) is 7.50. The molecule has 0 fully saturated rings. The molecule has 0 bridgehead atoms. The number of carbonyl (C=O) groups excluding carboxylic acids is 1. The molecular formula is C24H22N4O3. The van der Waals surface area contributed by atoms with Crippen molar-refractivity contribution in [3.8, 4) is 23.3 Å². The van der Waals surface area contributed by atoms with E-state index in [0.29, 0.717) is 34.4 Å². The zero-order chi connectivity index (χ0) is 22.2. The number of rotatable bonds is 6. The number of para-hydroxylation sites is 1. The molecule has 0 aliphatic rings. The van der Waals surface area contributed by atoms with Gasteiger partial charge in [-0.2, -0.15) is 0 Å². The molecule has 31 heavy (non-hydrogen) atoms. The first kappa shape index (κ1) is 21.4. The second-order valence-electron chi connectivity index (χ2n) is 6.46. The quantitative estimate of drug-likeness (QED) is 0.467. The summed E-state index contributed by atoms with van der Waals surface area (Å²) in [7, 11) is 3.18. The van der Waals surface area contributed by atoms with Crippen molar-refractivity contribution in [2.45, 2.75) is 6.92 Å². The smallest absolute Gasteiger partial charge is 0.247 e. The highest BCUT2D eigenvalue weighted by Crippen LogP contribution is 2.28. The van der Waals surface area contributed by atoms with Crippen LogP contribution in [0.3, 0.4) is 0 Å². The zero-order valence-electron chi connectivity index (χ0n) is 17.5. The van der Waals surface area contributed by atoms with E-state index in [4.69, 9.17) is 9.47 Å². The molecule has 0 atom stereocenters. The Labute approximate surface area is 181 Å². The van der Waals surface area contributed by atoms with Crippen LogP contribution in [0, 0.1) is 18.8 Å². The molecule has 1 amide bonds. The number of methoxy groups -OCH3 is 2. The lowest BCUT2D eigenvalue weighted by Gasteiger charge is -2.13. The first-order valence-corrected chi connectivity index (χ1v) is 9.39. The minimum Gasteiger partial charge on any atom is -0.497 e. The van der Waals surface area contributed by atoms with Crippen LogP contribution in [0.5, 0.6) is 11.5 Å². The topological polar surface area (TPSA) is 85.4 Å². The molecule has 2 N–H and O–H groups in total. The van der Waals surface area contributed by atoms with E-state index in [1.165, 1.54) is 6.08 Å². The number of benzene rings is 2. The maximum atomic E-state index is 11.7. The Morgan fingerprint density at radius 1 is 1.03 bits per heavy atom. The van der Waals surface area contributed by atoms with Crippen LogP contribution in [0.2, 0.25) is 0 Å². The highest BCUT2D eigenvalue weighted by molar-refractivity contribution is 6.01. The molecule has 7 nitrogen and oxygen atoms in total. The molecule has 156 valence electrons. The second-order valence-corrected chi connectivity index (χ2v) is 6.46. The van der Waals surface area contributed by atoms with Crippen molar-refractivity contribution >= 4 is 23.2 Å². The number of carbonyl (C=O) groups is 1.